The second-order valence-electron chi connectivity index (χ2n) is 2.19. The Bertz CT molecular complexity index is 295. The number of esters is 1. The molecule has 0 amide bonds. The monoisotopic (exact) mass is 189 g/mol. The lowest BCUT2D eigenvalue weighted by molar-refractivity contribution is 0.0588. The molecule has 5 heteroatoms. The van der Waals surface area contributed by atoms with Crippen molar-refractivity contribution in [1.82, 2.24) is 5.16 Å². The molecule has 0 aliphatic carbocycles. The smallest absolute Gasteiger partial charge is 0.360 e. The number of aromatic nitrogens is 1. The van der Waals surface area contributed by atoms with Crippen LogP contribution in [0.1, 0.15) is 21.8 Å². The molecule has 1 aromatic heterocycles. The average Bonchev–Trinajstić information content (AvgIpc) is 2.45. The van der Waals surface area contributed by atoms with Crippen LogP contribution in [0.3, 0.4) is 0 Å². The van der Waals surface area contributed by atoms with Gasteiger partial charge in [-0.1, -0.05) is 5.16 Å². The molecule has 0 atom stereocenters. The van der Waals surface area contributed by atoms with Gasteiger partial charge in [0.2, 0.25) is 0 Å². The van der Waals surface area contributed by atoms with E-state index in [1.165, 1.54) is 7.11 Å². The van der Waals surface area contributed by atoms with Gasteiger partial charge in [0.25, 0.3) is 0 Å². The summed E-state index contributed by atoms with van der Waals surface area (Å²) < 4.78 is 9.25. The van der Waals surface area contributed by atoms with E-state index in [0.717, 1.165) is 0 Å². The Morgan fingerprint density at radius 2 is 2.42 bits per heavy atom. The normalized spacial score (nSPS) is 9.92. The topological polar surface area (TPSA) is 52.3 Å². The maximum absolute atomic E-state index is 11.0. The maximum Gasteiger partial charge on any atom is 0.360 e. The zero-order chi connectivity index (χ0) is 9.14. The molecule has 0 bridgehead atoms. The quantitative estimate of drug-likeness (QED) is 0.523. The van der Waals surface area contributed by atoms with Crippen LogP contribution < -0.4 is 0 Å². The molecule has 1 aromatic rings. The Labute approximate surface area is 74.4 Å². The van der Waals surface area contributed by atoms with E-state index in [1.807, 2.05) is 0 Å². The van der Waals surface area contributed by atoms with E-state index in [1.54, 1.807) is 6.92 Å². The summed E-state index contributed by atoms with van der Waals surface area (Å²) in [7, 11) is 1.28. The molecular formula is C7H8ClNO3. The predicted molar refractivity (Wildman–Crippen MR) is 42.1 cm³/mol. The molecule has 12 heavy (non-hydrogen) atoms. The lowest BCUT2D eigenvalue weighted by atomic mass is 10.2. The standard InChI is InChI=1S/C7H8ClNO3/c1-4-5(3-8)6(9-12-4)7(10)11-2/h3H2,1-2H3. The average molecular weight is 190 g/mol. The van der Waals surface area contributed by atoms with Gasteiger partial charge in [0.1, 0.15) is 5.76 Å². The van der Waals surface area contributed by atoms with Crippen LogP contribution >= 0.6 is 11.6 Å². The second-order valence-corrected chi connectivity index (χ2v) is 2.46. The first-order chi connectivity index (χ1) is 5.70. The summed E-state index contributed by atoms with van der Waals surface area (Å²) in [5.74, 6) is 0.215. The summed E-state index contributed by atoms with van der Waals surface area (Å²) in [6, 6.07) is 0. The van der Waals surface area contributed by atoms with Crippen molar-refractivity contribution in [3.63, 3.8) is 0 Å². The second kappa shape index (κ2) is 3.58. The van der Waals surface area contributed by atoms with Crippen LogP contribution in [0.5, 0.6) is 0 Å². The molecule has 0 aliphatic heterocycles. The summed E-state index contributed by atoms with van der Waals surface area (Å²) in [6.45, 7) is 1.69. The lowest BCUT2D eigenvalue weighted by Gasteiger charge is -1.94. The Hall–Kier alpha value is -1.03. The molecule has 0 spiro atoms. The summed E-state index contributed by atoms with van der Waals surface area (Å²) in [6.07, 6.45) is 0. The van der Waals surface area contributed by atoms with Crippen molar-refractivity contribution >= 4 is 17.6 Å². The number of halogens is 1. The number of aryl methyl sites for hydroxylation is 1. The third kappa shape index (κ3) is 1.43. The van der Waals surface area contributed by atoms with E-state index < -0.39 is 5.97 Å². The fourth-order valence-corrected chi connectivity index (χ4v) is 1.12. The summed E-state index contributed by atoms with van der Waals surface area (Å²) in [5, 5.41) is 3.52. The van der Waals surface area contributed by atoms with E-state index in [4.69, 9.17) is 16.1 Å². The van der Waals surface area contributed by atoms with E-state index in [2.05, 4.69) is 9.89 Å². The van der Waals surface area contributed by atoms with Crippen LogP contribution in [0.15, 0.2) is 4.52 Å². The fraction of sp³-hybridized carbons (Fsp3) is 0.429. The summed E-state index contributed by atoms with van der Waals surface area (Å²) in [5.41, 5.74) is 0.744. The number of carbonyl (C=O) groups is 1. The Morgan fingerprint density at radius 1 is 1.75 bits per heavy atom. The zero-order valence-electron chi connectivity index (χ0n) is 6.76. The molecule has 0 radical (unpaired) electrons. The number of rotatable bonds is 2. The minimum atomic E-state index is -0.525. The molecule has 0 aromatic carbocycles. The highest BCUT2D eigenvalue weighted by Crippen LogP contribution is 2.16. The van der Waals surface area contributed by atoms with Gasteiger partial charge in [-0.2, -0.15) is 0 Å². The number of nitrogens with zero attached hydrogens (tertiary/aromatic N) is 1. The number of carbonyl (C=O) groups excluding carboxylic acids is 1. The van der Waals surface area contributed by atoms with E-state index in [9.17, 15) is 4.79 Å². The molecule has 4 nitrogen and oxygen atoms in total. The van der Waals surface area contributed by atoms with Crippen molar-refractivity contribution in [3.05, 3.63) is 17.0 Å². The number of hydrogen-bond donors (Lipinski definition) is 0. The van der Waals surface area contributed by atoms with Gasteiger partial charge in [-0.25, -0.2) is 4.79 Å². The Kier molecular flexibility index (Phi) is 2.70. The maximum atomic E-state index is 11.0. The predicted octanol–water partition coefficient (Wildman–Crippen LogP) is 1.51. The van der Waals surface area contributed by atoms with Crippen molar-refractivity contribution in [2.24, 2.45) is 0 Å². The number of ether oxygens (including phenoxy) is 1. The zero-order valence-corrected chi connectivity index (χ0v) is 7.51. The molecule has 0 aliphatic rings. The Balaban J connectivity index is 3.07. The van der Waals surface area contributed by atoms with E-state index >= 15 is 0 Å². The Morgan fingerprint density at radius 3 is 2.92 bits per heavy atom. The van der Waals surface area contributed by atoms with Crippen LogP contribution in [0, 0.1) is 6.92 Å². The minimum absolute atomic E-state index is 0.157. The largest absolute Gasteiger partial charge is 0.464 e. The van der Waals surface area contributed by atoms with Crippen molar-refractivity contribution < 1.29 is 14.1 Å². The molecular weight excluding hydrogens is 182 g/mol. The van der Waals surface area contributed by atoms with Gasteiger partial charge < -0.3 is 9.26 Å². The first kappa shape index (κ1) is 9.06. The van der Waals surface area contributed by atoms with Crippen molar-refractivity contribution in [3.8, 4) is 0 Å². The number of methoxy groups -OCH3 is 1. The minimum Gasteiger partial charge on any atom is -0.464 e. The van der Waals surface area contributed by atoms with Gasteiger partial charge in [-0.05, 0) is 6.92 Å². The molecule has 0 saturated carbocycles. The molecule has 66 valence electrons. The van der Waals surface area contributed by atoms with Gasteiger partial charge in [0.15, 0.2) is 5.69 Å². The fourth-order valence-electron chi connectivity index (χ4n) is 0.806. The van der Waals surface area contributed by atoms with Crippen LogP contribution in [-0.4, -0.2) is 18.2 Å². The van der Waals surface area contributed by atoms with Crippen LogP contribution in [0.25, 0.3) is 0 Å². The molecule has 1 rings (SSSR count). The summed E-state index contributed by atoms with van der Waals surface area (Å²) in [4.78, 5) is 11.0. The number of alkyl halides is 1. The third-order valence-corrected chi connectivity index (χ3v) is 1.76. The number of hydrogen-bond acceptors (Lipinski definition) is 4. The molecule has 0 fully saturated rings. The first-order valence-electron chi connectivity index (χ1n) is 3.30. The van der Waals surface area contributed by atoms with Crippen molar-refractivity contribution in [2.75, 3.05) is 7.11 Å². The van der Waals surface area contributed by atoms with Crippen LogP contribution in [0.4, 0.5) is 0 Å². The highest BCUT2D eigenvalue weighted by atomic mass is 35.5. The van der Waals surface area contributed by atoms with Gasteiger partial charge in [0, 0.05) is 5.56 Å². The van der Waals surface area contributed by atoms with Crippen LogP contribution in [0.2, 0.25) is 0 Å². The van der Waals surface area contributed by atoms with Gasteiger partial charge >= 0.3 is 5.97 Å². The van der Waals surface area contributed by atoms with Crippen molar-refractivity contribution in [2.45, 2.75) is 12.8 Å². The SMILES string of the molecule is COC(=O)c1noc(C)c1CCl. The molecule has 0 N–H and O–H groups in total. The lowest BCUT2D eigenvalue weighted by Crippen LogP contribution is -2.04. The van der Waals surface area contributed by atoms with Gasteiger partial charge in [0.05, 0.1) is 13.0 Å². The van der Waals surface area contributed by atoms with E-state index in [-0.39, 0.29) is 11.6 Å². The third-order valence-electron chi connectivity index (χ3n) is 1.50. The highest BCUT2D eigenvalue weighted by Gasteiger charge is 2.18. The molecule has 1 heterocycles. The van der Waals surface area contributed by atoms with Gasteiger partial charge in [-0.3, -0.25) is 0 Å². The first-order valence-corrected chi connectivity index (χ1v) is 3.83. The molecule has 0 unspecified atom stereocenters. The molecule has 0 saturated heterocycles. The van der Waals surface area contributed by atoms with Crippen LogP contribution in [-0.2, 0) is 10.6 Å². The van der Waals surface area contributed by atoms with Crippen molar-refractivity contribution in [1.29, 1.82) is 0 Å². The highest BCUT2D eigenvalue weighted by molar-refractivity contribution is 6.17. The summed E-state index contributed by atoms with van der Waals surface area (Å²) >= 11 is 5.57. The van der Waals surface area contributed by atoms with E-state index in [0.29, 0.717) is 11.3 Å². The van der Waals surface area contributed by atoms with Gasteiger partial charge in [-0.15, -0.1) is 11.6 Å².